The highest BCUT2D eigenvalue weighted by Gasteiger charge is 2.08. The van der Waals surface area contributed by atoms with E-state index < -0.39 is 0 Å². The number of nitrogens with two attached hydrogens (primary N) is 1. The molecular formula is C17H17NO2. The molecule has 0 atom stereocenters. The summed E-state index contributed by atoms with van der Waals surface area (Å²) in [5.41, 5.74) is 9.11. The van der Waals surface area contributed by atoms with Gasteiger partial charge in [0.05, 0.1) is 6.61 Å². The molecule has 0 saturated heterocycles. The zero-order valence-electron chi connectivity index (χ0n) is 11.4. The largest absolute Gasteiger partial charge is 0.463 e. The van der Waals surface area contributed by atoms with E-state index in [2.05, 4.69) is 0 Å². The summed E-state index contributed by atoms with van der Waals surface area (Å²) in [7, 11) is 0. The van der Waals surface area contributed by atoms with Crippen molar-refractivity contribution in [3.8, 4) is 0 Å². The summed E-state index contributed by atoms with van der Waals surface area (Å²) < 4.78 is 5.00. The van der Waals surface area contributed by atoms with E-state index in [0.29, 0.717) is 12.3 Å². The first-order chi connectivity index (χ1) is 9.70. The molecule has 0 spiro atoms. The Morgan fingerprint density at radius 3 is 2.25 bits per heavy atom. The van der Waals surface area contributed by atoms with Gasteiger partial charge in [0, 0.05) is 11.8 Å². The molecule has 0 aliphatic carbocycles. The van der Waals surface area contributed by atoms with Crippen LogP contribution in [0.3, 0.4) is 0 Å². The Hall–Kier alpha value is -2.55. The van der Waals surface area contributed by atoms with Crippen LogP contribution < -0.4 is 5.73 Å². The number of benzene rings is 2. The van der Waals surface area contributed by atoms with E-state index in [-0.39, 0.29) is 5.97 Å². The molecule has 0 amide bonds. The number of carbonyl (C=O) groups is 1. The van der Waals surface area contributed by atoms with Gasteiger partial charge in [-0.25, -0.2) is 4.79 Å². The number of rotatable bonds is 4. The standard InChI is InChI=1S/C17H17NO2/c1-2-20-17(19)12-16(13-6-4-3-5-7-13)14-8-10-15(18)11-9-14/h3-12H,2,18H2,1H3/b16-12+. The highest BCUT2D eigenvalue weighted by atomic mass is 16.5. The molecular weight excluding hydrogens is 250 g/mol. The minimum Gasteiger partial charge on any atom is -0.463 e. The third-order valence-corrected chi connectivity index (χ3v) is 2.86. The third kappa shape index (κ3) is 3.48. The zero-order chi connectivity index (χ0) is 14.4. The van der Waals surface area contributed by atoms with Crippen LogP contribution in [0.25, 0.3) is 5.57 Å². The Morgan fingerprint density at radius 2 is 1.65 bits per heavy atom. The van der Waals surface area contributed by atoms with Crippen LogP contribution in [0.2, 0.25) is 0 Å². The lowest BCUT2D eigenvalue weighted by Gasteiger charge is -2.09. The summed E-state index contributed by atoms with van der Waals surface area (Å²) in [6, 6.07) is 17.2. The molecule has 3 nitrogen and oxygen atoms in total. The van der Waals surface area contributed by atoms with Crippen molar-refractivity contribution < 1.29 is 9.53 Å². The minimum absolute atomic E-state index is 0.344. The van der Waals surface area contributed by atoms with Crippen LogP contribution in [0.15, 0.2) is 60.7 Å². The van der Waals surface area contributed by atoms with E-state index >= 15 is 0 Å². The summed E-state index contributed by atoms with van der Waals surface area (Å²) in [6.07, 6.45) is 1.52. The van der Waals surface area contributed by atoms with Crippen LogP contribution in [-0.2, 0) is 9.53 Å². The normalized spacial score (nSPS) is 11.2. The molecule has 0 unspecified atom stereocenters. The van der Waals surface area contributed by atoms with Gasteiger partial charge in [-0.2, -0.15) is 0 Å². The molecule has 0 fully saturated rings. The maximum atomic E-state index is 11.7. The second-order valence-electron chi connectivity index (χ2n) is 4.30. The highest BCUT2D eigenvalue weighted by molar-refractivity contribution is 5.96. The number of hydrogen-bond acceptors (Lipinski definition) is 3. The van der Waals surface area contributed by atoms with E-state index in [1.807, 2.05) is 54.6 Å². The number of esters is 1. The van der Waals surface area contributed by atoms with Crippen LogP contribution >= 0.6 is 0 Å². The molecule has 0 saturated carbocycles. The fourth-order valence-corrected chi connectivity index (χ4v) is 1.92. The smallest absolute Gasteiger partial charge is 0.331 e. The van der Waals surface area contributed by atoms with Gasteiger partial charge in [0.25, 0.3) is 0 Å². The highest BCUT2D eigenvalue weighted by Crippen LogP contribution is 2.24. The Kier molecular flexibility index (Phi) is 4.56. The molecule has 2 rings (SSSR count). The number of nitrogen functional groups attached to an aromatic ring is 1. The van der Waals surface area contributed by atoms with Crippen molar-refractivity contribution in [1.82, 2.24) is 0 Å². The topological polar surface area (TPSA) is 52.3 Å². The van der Waals surface area contributed by atoms with Crippen molar-refractivity contribution in [3.05, 3.63) is 71.8 Å². The number of anilines is 1. The van der Waals surface area contributed by atoms with Crippen molar-refractivity contribution in [2.75, 3.05) is 12.3 Å². The van der Waals surface area contributed by atoms with E-state index in [1.54, 1.807) is 6.92 Å². The molecule has 0 bridgehead atoms. The fourth-order valence-electron chi connectivity index (χ4n) is 1.92. The second kappa shape index (κ2) is 6.57. The lowest BCUT2D eigenvalue weighted by molar-refractivity contribution is -0.137. The Bertz CT molecular complexity index is 601. The quantitative estimate of drug-likeness (QED) is 0.525. The van der Waals surface area contributed by atoms with Crippen LogP contribution in [-0.4, -0.2) is 12.6 Å². The van der Waals surface area contributed by atoms with E-state index in [9.17, 15) is 4.79 Å². The molecule has 2 aromatic carbocycles. The summed E-state index contributed by atoms with van der Waals surface area (Å²) in [6.45, 7) is 2.15. The maximum absolute atomic E-state index is 11.7. The van der Waals surface area contributed by atoms with Crippen LogP contribution in [0, 0.1) is 0 Å². The van der Waals surface area contributed by atoms with Gasteiger partial charge < -0.3 is 10.5 Å². The van der Waals surface area contributed by atoms with Gasteiger partial charge in [0.2, 0.25) is 0 Å². The van der Waals surface area contributed by atoms with Gasteiger partial charge in [0.15, 0.2) is 0 Å². The first kappa shape index (κ1) is 13.9. The molecule has 2 aromatic rings. The summed E-state index contributed by atoms with van der Waals surface area (Å²) in [5.74, 6) is -0.344. The first-order valence-corrected chi connectivity index (χ1v) is 6.50. The van der Waals surface area contributed by atoms with Gasteiger partial charge in [-0.05, 0) is 35.8 Å². The van der Waals surface area contributed by atoms with Gasteiger partial charge in [0.1, 0.15) is 0 Å². The van der Waals surface area contributed by atoms with Crippen molar-refractivity contribution in [2.24, 2.45) is 0 Å². The van der Waals surface area contributed by atoms with Gasteiger partial charge in [-0.3, -0.25) is 0 Å². The molecule has 0 radical (unpaired) electrons. The molecule has 102 valence electrons. The monoisotopic (exact) mass is 267 g/mol. The van der Waals surface area contributed by atoms with Gasteiger partial charge in [-0.15, -0.1) is 0 Å². The molecule has 2 N–H and O–H groups in total. The Morgan fingerprint density at radius 1 is 1.05 bits per heavy atom. The molecule has 0 heterocycles. The predicted molar refractivity (Wildman–Crippen MR) is 81.0 cm³/mol. The maximum Gasteiger partial charge on any atom is 0.331 e. The zero-order valence-corrected chi connectivity index (χ0v) is 11.4. The minimum atomic E-state index is -0.344. The van der Waals surface area contributed by atoms with Crippen molar-refractivity contribution in [3.63, 3.8) is 0 Å². The summed E-state index contributed by atoms with van der Waals surface area (Å²) in [5, 5.41) is 0. The van der Waals surface area contributed by atoms with Crippen molar-refractivity contribution >= 4 is 17.2 Å². The second-order valence-corrected chi connectivity index (χ2v) is 4.30. The Balaban J connectivity index is 2.44. The average Bonchev–Trinajstić information content (AvgIpc) is 2.47. The van der Waals surface area contributed by atoms with Gasteiger partial charge >= 0.3 is 5.97 Å². The Labute approximate surface area is 118 Å². The number of carbonyl (C=O) groups excluding carboxylic acids is 1. The van der Waals surface area contributed by atoms with Gasteiger partial charge in [-0.1, -0.05) is 42.5 Å². The van der Waals surface area contributed by atoms with Crippen LogP contribution in [0.1, 0.15) is 18.1 Å². The molecule has 0 aliphatic rings. The number of hydrogen-bond donors (Lipinski definition) is 1. The summed E-state index contributed by atoms with van der Waals surface area (Å²) in [4.78, 5) is 11.7. The fraction of sp³-hybridized carbons (Fsp3) is 0.118. The molecule has 3 heteroatoms. The number of ether oxygens (including phenoxy) is 1. The summed E-state index contributed by atoms with van der Waals surface area (Å²) >= 11 is 0. The van der Waals surface area contributed by atoms with Crippen molar-refractivity contribution in [2.45, 2.75) is 6.92 Å². The third-order valence-electron chi connectivity index (χ3n) is 2.86. The first-order valence-electron chi connectivity index (χ1n) is 6.50. The molecule has 20 heavy (non-hydrogen) atoms. The predicted octanol–water partition coefficient (Wildman–Crippen LogP) is 3.26. The SMILES string of the molecule is CCOC(=O)/C=C(\c1ccccc1)c1ccc(N)cc1. The van der Waals surface area contributed by atoms with E-state index in [0.717, 1.165) is 16.7 Å². The molecule has 0 aliphatic heterocycles. The van der Waals surface area contributed by atoms with Crippen molar-refractivity contribution in [1.29, 1.82) is 0 Å². The molecule has 0 aromatic heterocycles. The average molecular weight is 267 g/mol. The lowest BCUT2D eigenvalue weighted by atomic mass is 9.97. The lowest BCUT2D eigenvalue weighted by Crippen LogP contribution is -2.02. The van der Waals surface area contributed by atoms with E-state index in [4.69, 9.17) is 10.5 Å². The van der Waals surface area contributed by atoms with Crippen LogP contribution in [0.4, 0.5) is 5.69 Å². The van der Waals surface area contributed by atoms with Crippen LogP contribution in [0.5, 0.6) is 0 Å². The van der Waals surface area contributed by atoms with E-state index in [1.165, 1.54) is 6.08 Å².